The standard InChI is InChI=1S/C14H18BrN3O2.ClH/c1-9-6-11(2-3-12(9)15)18-8-10(7-13(18)19)14(20)17-5-4-16;/h2-3,6,10H,4-5,7-8,16H2,1H3,(H,17,20);1H. The van der Waals surface area contributed by atoms with Crippen LogP contribution in [0.4, 0.5) is 5.69 Å². The van der Waals surface area contributed by atoms with Crippen LogP contribution >= 0.6 is 28.3 Å². The first kappa shape index (κ1) is 17.9. The Balaban J connectivity index is 0.00000220. The molecular formula is C14H19BrClN3O2. The first-order valence-electron chi connectivity index (χ1n) is 6.57. The molecule has 1 unspecified atom stereocenters. The molecule has 1 aromatic carbocycles. The molecule has 0 radical (unpaired) electrons. The number of halogens is 2. The number of carbonyl (C=O) groups excluding carboxylic acids is 2. The monoisotopic (exact) mass is 375 g/mol. The molecule has 1 aromatic rings. The highest BCUT2D eigenvalue weighted by atomic mass is 79.9. The van der Waals surface area contributed by atoms with Crippen LogP contribution in [-0.2, 0) is 9.59 Å². The number of carbonyl (C=O) groups is 2. The average molecular weight is 377 g/mol. The van der Waals surface area contributed by atoms with Crippen molar-refractivity contribution in [2.24, 2.45) is 11.7 Å². The lowest BCUT2D eigenvalue weighted by molar-refractivity contribution is -0.126. The molecule has 21 heavy (non-hydrogen) atoms. The molecule has 0 saturated carbocycles. The summed E-state index contributed by atoms with van der Waals surface area (Å²) in [6, 6.07) is 5.75. The highest BCUT2D eigenvalue weighted by Crippen LogP contribution is 2.28. The molecule has 2 rings (SSSR count). The Morgan fingerprint density at radius 2 is 2.24 bits per heavy atom. The zero-order valence-electron chi connectivity index (χ0n) is 11.8. The van der Waals surface area contributed by atoms with Crippen LogP contribution in [0.25, 0.3) is 0 Å². The Bertz CT molecular complexity index is 539. The van der Waals surface area contributed by atoms with Gasteiger partial charge >= 0.3 is 0 Å². The van der Waals surface area contributed by atoms with Crippen molar-refractivity contribution in [3.63, 3.8) is 0 Å². The Hall–Kier alpha value is -1.11. The summed E-state index contributed by atoms with van der Waals surface area (Å²) in [7, 11) is 0. The summed E-state index contributed by atoms with van der Waals surface area (Å²) in [5.74, 6) is -0.405. The van der Waals surface area contributed by atoms with Crippen molar-refractivity contribution < 1.29 is 9.59 Å². The van der Waals surface area contributed by atoms with Gasteiger partial charge in [0, 0.05) is 36.2 Å². The van der Waals surface area contributed by atoms with Gasteiger partial charge in [-0.3, -0.25) is 9.59 Å². The molecule has 116 valence electrons. The van der Waals surface area contributed by atoms with Crippen LogP contribution < -0.4 is 16.0 Å². The molecule has 3 N–H and O–H groups in total. The molecule has 1 aliphatic rings. The van der Waals surface area contributed by atoms with Crippen LogP contribution in [0.15, 0.2) is 22.7 Å². The molecule has 0 aliphatic carbocycles. The average Bonchev–Trinajstić information content (AvgIpc) is 2.81. The second-order valence-corrected chi connectivity index (χ2v) is 5.77. The maximum atomic E-state index is 12.1. The Kier molecular flexibility index (Phi) is 6.64. The van der Waals surface area contributed by atoms with Gasteiger partial charge in [0.2, 0.25) is 11.8 Å². The van der Waals surface area contributed by atoms with Gasteiger partial charge < -0.3 is 16.0 Å². The number of hydrogen-bond donors (Lipinski definition) is 2. The van der Waals surface area contributed by atoms with Gasteiger partial charge in [-0.15, -0.1) is 12.4 Å². The maximum absolute atomic E-state index is 12.1. The first-order valence-corrected chi connectivity index (χ1v) is 7.36. The summed E-state index contributed by atoms with van der Waals surface area (Å²) in [6.07, 6.45) is 0.255. The minimum Gasteiger partial charge on any atom is -0.355 e. The van der Waals surface area contributed by atoms with Crippen LogP contribution in [0, 0.1) is 12.8 Å². The number of amides is 2. The molecule has 0 aromatic heterocycles. The fraction of sp³-hybridized carbons (Fsp3) is 0.429. The van der Waals surface area contributed by atoms with Crippen LogP contribution in [0.5, 0.6) is 0 Å². The predicted octanol–water partition coefficient (Wildman–Crippen LogP) is 1.61. The second-order valence-electron chi connectivity index (χ2n) is 4.92. The minimum absolute atomic E-state index is 0. The smallest absolute Gasteiger partial charge is 0.227 e. The zero-order chi connectivity index (χ0) is 14.7. The van der Waals surface area contributed by atoms with Gasteiger partial charge in [-0.25, -0.2) is 0 Å². The van der Waals surface area contributed by atoms with E-state index in [-0.39, 0.29) is 36.6 Å². The Morgan fingerprint density at radius 1 is 1.52 bits per heavy atom. The van der Waals surface area contributed by atoms with Gasteiger partial charge in [0.15, 0.2) is 0 Å². The van der Waals surface area contributed by atoms with Gasteiger partial charge in [0.05, 0.1) is 5.92 Å². The van der Waals surface area contributed by atoms with Crippen LogP contribution in [0.1, 0.15) is 12.0 Å². The van der Waals surface area contributed by atoms with Crippen LogP contribution in [-0.4, -0.2) is 31.4 Å². The van der Waals surface area contributed by atoms with E-state index in [0.717, 1.165) is 15.7 Å². The molecular weight excluding hydrogens is 358 g/mol. The molecule has 1 saturated heterocycles. The summed E-state index contributed by atoms with van der Waals surface area (Å²) < 4.78 is 1.00. The number of rotatable bonds is 4. The van der Waals surface area contributed by atoms with E-state index in [1.807, 2.05) is 25.1 Å². The molecule has 2 amide bonds. The number of anilines is 1. The molecule has 1 fully saturated rings. The molecule has 1 heterocycles. The maximum Gasteiger partial charge on any atom is 0.227 e. The van der Waals surface area contributed by atoms with E-state index in [9.17, 15) is 9.59 Å². The van der Waals surface area contributed by atoms with E-state index in [4.69, 9.17) is 5.73 Å². The van der Waals surface area contributed by atoms with Crippen LogP contribution in [0.3, 0.4) is 0 Å². The highest BCUT2D eigenvalue weighted by molar-refractivity contribution is 9.10. The van der Waals surface area contributed by atoms with E-state index in [0.29, 0.717) is 19.6 Å². The SMILES string of the molecule is Cc1cc(N2CC(C(=O)NCCN)CC2=O)ccc1Br.Cl. The van der Waals surface area contributed by atoms with Gasteiger partial charge in [0.25, 0.3) is 0 Å². The number of hydrogen-bond acceptors (Lipinski definition) is 3. The molecule has 0 spiro atoms. The zero-order valence-corrected chi connectivity index (χ0v) is 14.2. The van der Waals surface area contributed by atoms with E-state index < -0.39 is 0 Å². The van der Waals surface area contributed by atoms with Gasteiger partial charge in [-0.05, 0) is 30.7 Å². The van der Waals surface area contributed by atoms with E-state index in [2.05, 4.69) is 21.2 Å². The Morgan fingerprint density at radius 3 is 2.86 bits per heavy atom. The third-order valence-electron chi connectivity index (χ3n) is 3.39. The molecule has 0 bridgehead atoms. The van der Waals surface area contributed by atoms with Crippen molar-refractivity contribution in [2.75, 3.05) is 24.5 Å². The number of nitrogens with zero attached hydrogens (tertiary/aromatic N) is 1. The van der Waals surface area contributed by atoms with Crippen LogP contribution in [0.2, 0.25) is 0 Å². The number of benzene rings is 1. The van der Waals surface area contributed by atoms with E-state index >= 15 is 0 Å². The molecule has 5 nitrogen and oxygen atoms in total. The summed E-state index contributed by atoms with van der Waals surface area (Å²) in [6.45, 7) is 3.25. The molecule has 1 aliphatic heterocycles. The predicted molar refractivity (Wildman–Crippen MR) is 88.7 cm³/mol. The first-order chi connectivity index (χ1) is 9.52. The van der Waals surface area contributed by atoms with Crippen molar-refractivity contribution in [3.8, 4) is 0 Å². The van der Waals surface area contributed by atoms with Gasteiger partial charge in [-0.1, -0.05) is 15.9 Å². The molecule has 1 atom stereocenters. The van der Waals surface area contributed by atoms with Crippen molar-refractivity contribution in [1.82, 2.24) is 5.32 Å². The lowest BCUT2D eigenvalue weighted by Gasteiger charge is -2.17. The fourth-order valence-electron chi connectivity index (χ4n) is 2.27. The van der Waals surface area contributed by atoms with Gasteiger partial charge in [0.1, 0.15) is 0 Å². The van der Waals surface area contributed by atoms with Crippen molar-refractivity contribution in [2.45, 2.75) is 13.3 Å². The summed E-state index contributed by atoms with van der Waals surface area (Å²) in [4.78, 5) is 25.6. The van der Waals surface area contributed by atoms with Crippen molar-refractivity contribution in [1.29, 1.82) is 0 Å². The third-order valence-corrected chi connectivity index (χ3v) is 4.28. The lowest BCUT2D eigenvalue weighted by atomic mass is 10.1. The Labute approximate surface area is 138 Å². The van der Waals surface area contributed by atoms with Crippen molar-refractivity contribution in [3.05, 3.63) is 28.2 Å². The number of nitrogens with one attached hydrogen (secondary N) is 1. The minimum atomic E-state index is -0.294. The van der Waals surface area contributed by atoms with E-state index in [1.165, 1.54) is 0 Å². The summed E-state index contributed by atoms with van der Waals surface area (Å²) in [5.41, 5.74) is 7.25. The lowest BCUT2D eigenvalue weighted by Crippen LogP contribution is -2.35. The summed E-state index contributed by atoms with van der Waals surface area (Å²) >= 11 is 3.44. The van der Waals surface area contributed by atoms with E-state index in [1.54, 1.807) is 4.90 Å². The van der Waals surface area contributed by atoms with Gasteiger partial charge in [-0.2, -0.15) is 0 Å². The normalized spacial score (nSPS) is 17.6. The topological polar surface area (TPSA) is 75.4 Å². The fourth-order valence-corrected chi connectivity index (χ4v) is 2.52. The highest BCUT2D eigenvalue weighted by Gasteiger charge is 2.34. The largest absolute Gasteiger partial charge is 0.355 e. The number of aryl methyl sites for hydroxylation is 1. The molecule has 7 heteroatoms. The quantitative estimate of drug-likeness (QED) is 0.838. The van der Waals surface area contributed by atoms with Crippen molar-refractivity contribution >= 4 is 45.8 Å². The second kappa shape index (κ2) is 7.77. The number of nitrogens with two attached hydrogens (primary N) is 1. The third kappa shape index (κ3) is 4.18. The summed E-state index contributed by atoms with van der Waals surface area (Å²) in [5, 5.41) is 2.74.